The summed E-state index contributed by atoms with van der Waals surface area (Å²) in [6, 6.07) is 9.87. The summed E-state index contributed by atoms with van der Waals surface area (Å²) in [5.74, 6) is -2.42. The molecule has 0 saturated carbocycles. The molecule has 1 fully saturated rings. The highest BCUT2D eigenvalue weighted by Gasteiger charge is 2.45. The average molecular weight is 488 g/mol. The number of phenolic OH excluding ortho intramolecular Hbond substituents is 3. The van der Waals surface area contributed by atoms with Crippen LogP contribution in [0.2, 0.25) is 0 Å². The van der Waals surface area contributed by atoms with Gasteiger partial charge in [-0.3, -0.25) is 0 Å². The number of esters is 2. The van der Waals surface area contributed by atoms with Crippen molar-refractivity contribution in [3.05, 3.63) is 65.7 Å². The SMILES string of the molecule is O=C(/C=C/c1ccc(O)cc1)OCC1OC(OC(=O)/C=C/c2ccc(O)c(O)c2)C(O)C(O)C1O. The second kappa shape index (κ2) is 11.5. The third kappa shape index (κ3) is 7.04. The second-order valence-electron chi connectivity index (χ2n) is 7.59. The summed E-state index contributed by atoms with van der Waals surface area (Å²) in [4.78, 5) is 24.1. The molecule has 2 aromatic rings. The molecule has 186 valence electrons. The van der Waals surface area contributed by atoms with Crippen LogP contribution in [0.5, 0.6) is 17.2 Å². The van der Waals surface area contributed by atoms with Gasteiger partial charge in [0.1, 0.15) is 36.8 Å². The van der Waals surface area contributed by atoms with Crippen molar-refractivity contribution >= 4 is 24.1 Å². The molecule has 6 N–H and O–H groups in total. The van der Waals surface area contributed by atoms with Crippen molar-refractivity contribution in [2.24, 2.45) is 0 Å². The molecule has 0 aliphatic carbocycles. The maximum Gasteiger partial charge on any atom is 0.333 e. The first-order chi connectivity index (χ1) is 16.6. The van der Waals surface area contributed by atoms with Crippen LogP contribution in [-0.4, -0.2) is 79.9 Å². The molecule has 1 saturated heterocycles. The molecule has 35 heavy (non-hydrogen) atoms. The van der Waals surface area contributed by atoms with Gasteiger partial charge in [0.2, 0.25) is 6.29 Å². The zero-order valence-corrected chi connectivity index (χ0v) is 18.2. The minimum absolute atomic E-state index is 0.0688. The highest BCUT2D eigenvalue weighted by molar-refractivity contribution is 5.87. The number of hydrogen-bond donors (Lipinski definition) is 6. The summed E-state index contributed by atoms with van der Waals surface area (Å²) in [5.41, 5.74) is 0.984. The molecule has 0 bridgehead atoms. The third-order valence-electron chi connectivity index (χ3n) is 5.01. The van der Waals surface area contributed by atoms with Gasteiger partial charge in [0.05, 0.1) is 0 Å². The highest BCUT2D eigenvalue weighted by atomic mass is 16.7. The van der Waals surface area contributed by atoms with E-state index in [9.17, 15) is 40.2 Å². The van der Waals surface area contributed by atoms with E-state index in [1.807, 2.05) is 0 Å². The third-order valence-corrected chi connectivity index (χ3v) is 5.01. The van der Waals surface area contributed by atoms with E-state index in [1.54, 1.807) is 12.1 Å². The van der Waals surface area contributed by atoms with Crippen molar-refractivity contribution < 1.29 is 54.4 Å². The van der Waals surface area contributed by atoms with E-state index in [2.05, 4.69) is 0 Å². The van der Waals surface area contributed by atoms with E-state index in [-0.39, 0.29) is 17.2 Å². The Balaban J connectivity index is 1.56. The van der Waals surface area contributed by atoms with Gasteiger partial charge in [-0.05, 0) is 47.5 Å². The number of hydrogen-bond acceptors (Lipinski definition) is 11. The van der Waals surface area contributed by atoms with Crippen LogP contribution in [0.25, 0.3) is 12.2 Å². The normalized spacial score (nSPS) is 24.5. The van der Waals surface area contributed by atoms with Gasteiger partial charge in [-0.1, -0.05) is 18.2 Å². The van der Waals surface area contributed by atoms with Gasteiger partial charge in [0.25, 0.3) is 0 Å². The summed E-state index contributed by atoms with van der Waals surface area (Å²) in [7, 11) is 0. The van der Waals surface area contributed by atoms with Gasteiger partial charge in [-0.15, -0.1) is 0 Å². The Kier molecular flexibility index (Phi) is 8.44. The van der Waals surface area contributed by atoms with E-state index in [1.165, 1.54) is 42.5 Å². The van der Waals surface area contributed by atoms with Crippen LogP contribution in [0.3, 0.4) is 0 Å². The molecule has 5 atom stereocenters. The quantitative estimate of drug-likeness (QED) is 0.180. The molecule has 0 radical (unpaired) electrons. The van der Waals surface area contributed by atoms with Crippen molar-refractivity contribution in [2.75, 3.05) is 6.61 Å². The van der Waals surface area contributed by atoms with Gasteiger partial charge in [-0.2, -0.15) is 0 Å². The lowest BCUT2D eigenvalue weighted by atomic mass is 9.99. The largest absolute Gasteiger partial charge is 0.508 e. The van der Waals surface area contributed by atoms with Crippen LogP contribution in [0.1, 0.15) is 11.1 Å². The number of ether oxygens (including phenoxy) is 3. The number of phenols is 3. The van der Waals surface area contributed by atoms with Crippen molar-refractivity contribution in [3.63, 3.8) is 0 Å². The molecule has 0 spiro atoms. The molecule has 3 rings (SSSR count). The molecule has 11 nitrogen and oxygen atoms in total. The Morgan fingerprint density at radius 3 is 2.11 bits per heavy atom. The first-order valence-corrected chi connectivity index (χ1v) is 10.4. The van der Waals surface area contributed by atoms with Gasteiger partial charge in [-0.25, -0.2) is 9.59 Å². The smallest absolute Gasteiger partial charge is 0.333 e. The molecule has 2 aromatic carbocycles. The highest BCUT2D eigenvalue weighted by Crippen LogP contribution is 2.26. The van der Waals surface area contributed by atoms with E-state index in [0.717, 1.165) is 12.2 Å². The minimum atomic E-state index is -1.78. The number of aromatic hydroxyl groups is 3. The molecule has 1 heterocycles. The van der Waals surface area contributed by atoms with Crippen molar-refractivity contribution in [3.8, 4) is 17.2 Å². The number of carbonyl (C=O) groups is 2. The first-order valence-electron chi connectivity index (χ1n) is 10.4. The standard InChI is InChI=1S/C24H24O11/c25-15-6-1-13(2-7-15)4-9-19(28)33-12-18-21(30)22(31)23(32)24(34-18)35-20(29)10-5-14-3-8-16(26)17(27)11-14/h1-11,18,21-27,30-32H,12H2/b9-4+,10-5+. The molecule has 5 unspecified atom stereocenters. The number of aliphatic hydroxyl groups excluding tert-OH is 3. The van der Waals surface area contributed by atoms with Gasteiger partial charge in [0.15, 0.2) is 11.5 Å². The van der Waals surface area contributed by atoms with Crippen molar-refractivity contribution in [1.29, 1.82) is 0 Å². The Morgan fingerprint density at radius 1 is 0.800 bits per heavy atom. The Labute approximate surface area is 199 Å². The summed E-state index contributed by atoms with van der Waals surface area (Å²) >= 11 is 0. The molecule has 1 aliphatic rings. The van der Waals surface area contributed by atoms with Crippen LogP contribution in [0.4, 0.5) is 0 Å². The van der Waals surface area contributed by atoms with E-state index >= 15 is 0 Å². The fourth-order valence-corrected chi connectivity index (χ4v) is 3.08. The van der Waals surface area contributed by atoms with Crippen LogP contribution in [0.15, 0.2) is 54.6 Å². The topological polar surface area (TPSA) is 183 Å². The van der Waals surface area contributed by atoms with Crippen LogP contribution >= 0.6 is 0 Å². The summed E-state index contributed by atoms with van der Waals surface area (Å²) in [5, 5.41) is 58.4. The maximum absolute atomic E-state index is 12.1. The predicted octanol–water partition coefficient (Wildman–Crippen LogP) is 0.424. The summed E-state index contributed by atoms with van der Waals surface area (Å²) in [6.45, 7) is -0.514. The van der Waals surface area contributed by atoms with E-state index in [4.69, 9.17) is 14.2 Å². The zero-order valence-electron chi connectivity index (χ0n) is 18.2. The predicted molar refractivity (Wildman–Crippen MR) is 120 cm³/mol. The number of benzene rings is 2. The number of rotatable bonds is 7. The van der Waals surface area contributed by atoms with Crippen LogP contribution < -0.4 is 0 Å². The van der Waals surface area contributed by atoms with Gasteiger partial charge in [0, 0.05) is 12.2 Å². The van der Waals surface area contributed by atoms with Crippen LogP contribution in [-0.2, 0) is 23.8 Å². The number of aliphatic hydroxyl groups is 3. The van der Waals surface area contributed by atoms with Crippen molar-refractivity contribution in [2.45, 2.75) is 30.7 Å². The van der Waals surface area contributed by atoms with Gasteiger partial charge < -0.3 is 44.8 Å². The summed E-state index contributed by atoms with van der Waals surface area (Å²) < 4.78 is 15.3. The van der Waals surface area contributed by atoms with Crippen molar-refractivity contribution in [1.82, 2.24) is 0 Å². The van der Waals surface area contributed by atoms with E-state index in [0.29, 0.717) is 11.1 Å². The second-order valence-corrected chi connectivity index (χ2v) is 7.59. The lowest BCUT2D eigenvalue weighted by molar-refractivity contribution is -0.291. The molecule has 0 amide bonds. The maximum atomic E-state index is 12.1. The lowest BCUT2D eigenvalue weighted by Gasteiger charge is -2.39. The monoisotopic (exact) mass is 488 g/mol. The Morgan fingerprint density at radius 2 is 1.43 bits per heavy atom. The fraction of sp³-hybridized carbons (Fsp3) is 0.250. The molecule has 0 aromatic heterocycles. The molecule has 1 aliphatic heterocycles. The molecular formula is C24H24O11. The minimum Gasteiger partial charge on any atom is -0.508 e. The first kappa shape index (κ1) is 25.7. The van der Waals surface area contributed by atoms with Crippen LogP contribution in [0, 0.1) is 0 Å². The lowest BCUT2D eigenvalue weighted by Crippen LogP contribution is -2.59. The Hall–Kier alpha value is -3.90. The fourth-order valence-electron chi connectivity index (χ4n) is 3.08. The van der Waals surface area contributed by atoms with Gasteiger partial charge >= 0.3 is 11.9 Å². The molecular weight excluding hydrogens is 464 g/mol. The number of carbonyl (C=O) groups excluding carboxylic acids is 2. The Bertz CT molecular complexity index is 1090. The van der Waals surface area contributed by atoms with E-state index < -0.39 is 49.3 Å². The zero-order chi connectivity index (χ0) is 25.5. The average Bonchev–Trinajstić information content (AvgIpc) is 2.84. The molecule has 11 heteroatoms. The summed E-state index contributed by atoms with van der Waals surface area (Å²) in [6.07, 6.45) is -3.38.